The largest absolute Gasteiger partial charge is 0.331 e. The maximum atomic E-state index is 12.1. The third-order valence-corrected chi connectivity index (χ3v) is 4.50. The summed E-state index contributed by atoms with van der Waals surface area (Å²) in [6.07, 6.45) is 0. The van der Waals surface area contributed by atoms with Crippen LogP contribution in [0.15, 0.2) is 33.9 Å². The van der Waals surface area contributed by atoms with Crippen LogP contribution in [0.1, 0.15) is 0 Å². The zero-order valence-electron chi connectivity index (χ0n) is 11.6. The molecule has 22 heavy (non-hydrogen) atoms. The molecule has 112 valence electrons. The highest BCUT2D eigenvalue weighted by atomic mass is 32.1. The van der Waals surface area contributed by atoms with Crippen molar-refractivity contribution in [3.63, 3.8) is 0 Å². The SMILES string of the molecule is Cn1c(=O)c2nc(-c3ccc([N+](=O)[O-])cc3)sc2n(C)c1=O. The van der Waals surface area contributed by atoms with Crippen molar-refractivity contribution in [3.8, 4) is 10.6 Å². The molecule has 3 aromatic rings. The first kappa shape index (κ1) is 14.1. The van der Waals surface area contributed by atoms with Gasteiger partial charge in [-0.15, -0.1) is 0 Å². The fourth-order valence-electron chi connectivity index (χ4n) is 2.09. The van der Waals surface area contributed by atoms with Gasteiger partial charge in [-0.3, -0.25) is 24.0 Å². The van der Waals surface area contributed by atoms with Crippen LogP contribution in [-0.2, 0) is 14.1 Å². The fraction of sp³-hybridized carbons (Fsp3) is 0.154. The molecule has 0 fully saturated rings. The van der Waals surface area contributed by atoms with Crippen LogP contribution in [0.4, 0.5) is 5.69 Å². The van der Waals surface area contributed by atoms with Crippen molar-refractivity contribution in [1.82, 2.24) is 14.1 Å². The zero-order chi connectivity index (χ0) is 16.0. The molecule has 0 unspecified atom stereocenters. The smallest absolute Gasteiger partial charge is 0.286 e. The summed E-state index contributed by atoms with van der Waals surface area (Å²) in [7, 11) is 2.97. The van der Waals surface area contributed by atoms with Crippen molar-refractivity contribution in [2.24, 2.45) is 14.1 Å². The second-order valence-electron chi connectivity index (χ2n) is 4.68. The van der Waals surface area contributed by atoms with E-state index in [1.165, 1.54) is 35.1 Å². The second-order valence-corrected chi connectivity index (χ2v) is 5.66. The Bertz CT molecular complexity index is 1010. The van der Waals surface area contributed by atoms with Crippen LogP contribution in [0.2, 0.25) is 0 Å². The minimum Gasteiger partial charge on any atom is -0.286 e. The number of non-ortho nitro benzene ring substituents is 1. The van der Waals surface area contributed by atoms with Crippen molar-refractivity contribution in [2.45, 2.75) is 0 Å². The third-order valence-electron chi connectivity index (χ3n) is 3.32. The van der Waals surface area contributed by atoms with E-state index >= 15 is 0 Å². The lowest BCUT2D eigenvalue weighted by Crippen LogP contribution is -2.36. The lowest BCUT2D eigenvalue weighted by atomic mass is 10.2. The number of benzene rings is 1. The van der Waals surface area contributed by atoms with Gasteiger partial charge in [0.15, 0.2) is 5.52 Å². The van der Waals surface area contributed by atoms with E-state index in [1.807, 2.05) is 0 Å². The number of aryl methyl sites for hydroxylation is 1. The van der Waals surface area contributed by atoms with E-state index in [-0.39, 0.29) is 11.2 Å². The van der Waals surface area contributed by atoms with Gasteiger partial charge in [0.2, 0.25) is 0 Å². The Labute approximate surface area is 127 Å². The molecule has 0 aliphatic heterocycles. The molecular formula is C13H10N4O4S. The number of hydrogen-bond acceptors (Lipinski definition) is 6. The standard InChI is InChI=1S/C13H10N4O4S/c1-15-11(18)9-12(16(2)13(15)19)22-10(14-9)7-3-5-8(6-4-7)17(20)21/h3-6H,1-2H3. The van der Waals surface area contributed by atoms with Gasteiger partial charge in [0, 0.05) is 31.8 Å². The molecule has 0 saturated heterocycles. The topological polar surface area (TPSA) is 100 Å². The molecule has 0 saturated carbocycles. The molecule has 2 heterocycles. The summed E-state index contributed by atoms with van der Waals surface area (Å²) in [5.41, 5.74) is -0.0312. The summed E-state index contributed by atoms with van der Waals surface area (Å²) < 4.78 is 2.37. The molecule has 0 N–H and O–H groups in total. The Morgan fingerprint density at radius 2 is 1.77 bits per heavy atom. The number of thiazole rings is 1. The summed E-state index contributed by atoms with van der Waals surface area (Å²) in [5.74, 6) is 0. The lowest BCUT2D eigenvalue weighted by Gasteiger charge is -2.00. The Kier molecular flexibility index (Phi) is 3.14. The van der Waals surface area contributed by atoms with Crippen LogP contribution in [0.3, 0.4) is 0 Å². The van der Waals surface area contributed by atoms with E-state index in [0.29, 0.717) is 15.4 Å². The predicted molar refractivity (Wildman–Crippen MR) is 82.2 cm³/mol. The fourth-order valence-corrected chi connectivity index (χ4v) is 3.10. The Balaban J connectivity index is 2.23. The average molecular weight is 318 g/mol. The number of aromatic nitrogens is 3. The minimum atomic E-state index is -0.485. The normalized spacial score (nSPS) is 11.0. The molecule has 0 amide bonds. The first-order valence-electron chi connectivity index (χ1n) is 6.21. The second kappa shape index (κ2) is 4.88. The maximum Gasteiger partial charge on any atom is 0.331 e. The molecule has 3 rings (SSSR count). The third kappa shape index (κ3) is 2.02. The number of hydrogen-bond donors (Lipinski definition) is 0. The van der Waals surface area contributed by atoms with Gasteiger partial charge in [0.25, 0.3) is 11.2 Å². The van der Waals surface area contributed by atoms with Gasteiger partial charge < -0.3 is 0 Å². The van der Waals surface area contributed by atoms with Crippen molar-refractivity contribution < 1.29 is 4.92 Å². The highest BCUT2D eigenvalue weighted by Crippen LogP contribution is 2.28. The van der Waals surface area contributed by atoms with Crippen LogP contribution in [0.25, 0.3) is 20.9 Å². The molecule has 9 heteroatoms. The van der Waals surface area contributed by atoms with Crippen molar-refractivity contribution in [3.05, 3.63) is 55.2 Å². The van der Waals surface area contributed by atoms with Crippen LogP contribution < -0.4 is 11.2 Å². The molecule has 8 nitrogen and oxygen atoms in total. The highest BCUT2D eigenvalue weighted by molar-refractivity contribution is 7.21. The Hall–Kier alpha value is -2.81. The molecular weight excluding hydrogens is 308 g/mol. The predicted octanol–water partition coefficient (Wildman–Crippen LogP) is 1.27. The van der Waals surface area contributed by atoms with E-state index in [0.717, 1.165) is 4.57 Å². The number of fused-ring (bicyclic) bond motifs is 1. The highest BCUT2D eigenvalue weighted by Gasteiger charge is 2.15. The molecule has 1 aromatic carbocycles. The molecule has 0 atom stereocenters. The Morgan fingerprint density at radius 3 is 2.36 bits per heavy atom. The number of nitro groups is 1. The van der Waals surface area contributed by atoms with Gasteiger partial charge in [-0.1, -0.05) is 11.3 Å². The summed E-state index contributed by atoms with van der Waals surface area (Å²) in [4.78, 5) is 38.9. The first-order valence-corrected chi connectivity index (χ1v) is 7.03. The zero-order valence-corrected chi connectivity index (χ0v) is 12.5. The number of nitro benzene ring substituents is 1. The van der Waals surface area contributed by atoms with Crippen molar-refractivity contribution in [1.29, 1.82) is 0 Å². The summed E-state index contributed by atoms with van der Waals surface area (Å²) in [5, 5.41) is 11.2. The van der Waals surface area contributed by atoms with E-state index in [4.69, 9.17) is 0 Å². The van der Waals surface area contributed by atoms with E-state index in [1.54, 1.807) is 19.2 Å². The van der Waals surface area contributed by atoms with E-state index in [2.05, 4.69) is 4.98 Å². The van der Waals surface area contributed by atoms with Gasteiger partial charge in [0.05, 0.1) is 4.92 Å². The van der Waals surface area contributed by atoms with Gasteiger partial charge in [-0.25, -0.2) is 9.78 Å². The van der Waals surface area contributed by atoms with Gasteiger partial charge in [-0.2, -0.15) is 0 Å². The average Bonchev–Trinajstić information content (AvgIpc) is 2.96. The number of rotatable bonds is 2. The quantitative estimate of drug-likeness (QED) is 0.523. The molecule has 0 spiro atoms. The monoisotopic (exact) mass is 318 g/mol. The minimum absolute atomic E-state index is 0.0202. The van der Waals surface area contributed by atoms with Gasteiger partial charge >= 0.3 is 5.69 Å². The summed E-state index contributed by atoms with van der Waals surface area (Å²) in [6, 6.07) is 5.88. The van der Waals surface area contributed by atoms with Crippen LogP contribution >= 0.6 is 11.3 Å². The molecule has 0 bridgehead atoms. The summed E-state index contributed by atoms with van der Waals surface area (Å²) >= 11 is 1.20. The van der Waals surface area contributed by atoms with E-state index < -0.39 is 16.2 Å². The van der Waals surface area contributed by atoms with Gasteiger partial charge in [0.1, 0.15) is 9.84 Å². The summed E-state index contributed by atoms with van der Waals surface area (Å²) in [6.45, 7) is 0. The van der Waals surface area contributed by atoms with Crippen LogP contribution in [-0.4, -0.2) is 19.0 Å². The Morgan fingerprint density at radius 1 is 1.14 bits per heavy atom. The van der Waals surface area contributed by atoms with Crippen molar-refractivity contribution >= 4 is 27.4 Å². The molecule has 0 radical (unpaired) electrons. The lowest BCUT2D eigenvalue weighted by molar-refractivity contribution is -0.384. The molecule has 0 aliphatic rings. The number of nitrogens with zero attached hydrogens (tertiary/aromatic N) is 4. The molecule has 0 aliphatic carbocycles. The van der Waals surface area contributed by atoms with E-state index in [9.17, 15) is 19.7 Å². The molecule has 2 aromatic heterocycles. The first-order chi connectivity index (χ1) is 10.4. The maximum absolute atomic E-state index is 12.1. The van der Waals surface area contributed by atoms with Crippen LogP contribution in [0.5, 0.6) is 0 Å². The van der Waals surface area contributed by atoms with Crippen molar-refractivity contribution in [2.75, 3.05) is 0 Å². The van der Waals surface area contributed by atoms with Crippen LogP contribution in [0, 0.1) is 10.1 Å². The van der Waals surface area contributed by atoms with Gasteiger partial charge in [-0.05, 0) is 12.1 Å².